The molecule has 0 aromatic heterocycles. The number of hydrogen-bond acceptors (Lipinski definition) is 2. The first-order valence-corrected chi connectivity index (χ1v) is 8.02. The van der Waals surface area contributed by atoms with Crippen LogP contribution in [0.4, 0.5) is 5.69 Å². The van der Waals surface area contributed by atoms with E-state index in [0.29, 0.717) is 5.02 Å². The number of para-hydroxylation sites is 1. The molecule has 0 radical (unpaired) electrons. The van der Waals surface area contributed by atoms with Crippen molar-refractivity contribution < 1.29 is 4.79 Å². The Hall–Kier alpha value is -1.45. The van der Waals surface area contributed by atoms with Gasteiger partial charge in [-0.3, -0.25) is 4.79 Å². The Morgan fingerprint density at radius 2 is 1.67 bits per heavy atom. The molecular formula is C17H18ClNOS. The zero-order valence-corrected chi connectivity index (χ0v) is 13.9. The molecule has 0 heterocycles. The second-order valence-corrected chi connectivity index (χ2v) is 6.82. The Kier molecular flexibility index (Phi) is 5.32. The Labute approximate surface area is 134 Å². The van der Waals surface area contributed by atoms with Crippen molar-refractivity contribution in [3.8, 4) is 0 Å². The van der Waals surface area contributed by atoms with E-state index in [1.807, 2.05) is 63.2 Å². The van der Waals surface area contributed by atoms with E-state index < -0.39 is 0 Å². The highest BCUT2D eigenvalue weighted by Gasteiger charge is 2.16. The fourth-order valence-corrected chi connectivity index (χ4v) is 3.00. The van der Waals surface area contributed by atoms with Gasteiger partial charge in [0, 0.05) is 15.6 Å². The Bertz CT molecular complexity index is 619. The van der Waals surface area contributed by atoms with Gasteiger partial charge in [-0.05, 0) is 56.2 Å². The van der Waals surface area contributed by atoms with Gasteiger partial charge in [0.1, 0.15) is 0 Å². The summed E-state index contributed by atoms with van der Waals surface area (Å²) < 4.78 is 0. The van der Waals surface area contributed by atoms with Crippen LogP contribution in [0, 0.1) is 13.8 Å². The number of anilines is 1. The van der Waals surface area contributed by atoms with Crippen LogP contribution in [0.2, 0.25) is 5.02 Å². The Morgan fingerprint density at radius 3 is 2.24 bits per heavy atom. The quantitative estimate of drug-likeness (QED) is 0.796. The Morgan fingerprint density at radius 1 is 1.10 bits per heavy atom. The molecule has 1 amide bonds. The predicted octanol–water partition coefficient (Wildman–Crippen LogP) is 5.08. The van der Waals surface area contributed by atoms with E-state index in [4.69, 9.17) is 11.6 Å². The van der Waals surface area contributed by atoms with Crippen molar-refractivity contribution in [1.29, 1.82) is 0 Å². The number of carbonyl (C=O) groups excluding carboxylic acids is 1. The molecule has 0 bridgehead atoms. The predicted molar refractivity (Wildman–Crippen MR) is 91.3 cm³/mol. The first-order chi connectivity index (χ1) is 9.97. The van der Waals surface area contributed by atoms with E-state index >= 15 is 0 Å². The fourth-order valence-electron chi connectivity index (χ4n) is 2.01. The molecule has 2 aromatic rings. The van der Waals surface area contributed by atoms with Crippen LogP contribution in [-0.2, 0) is 4.79 Å². The highest BCUT2D eigenvalue weighted by molar-refractivity contribution is 8.00. The summed E-state index contributed by atoms with van der Waals surface area (Å²) in [5, 5.41) is 3.55. The van der Waals surface area contributed by atoms with Crippen LogP contribution in [0.5, 0.6) is 0 Å². The van der Waals surface area contributed by atoms with Crippen molar-refractivity contribution in [2.75, 3.05) is 5.32 Å². The summed E-state index contributed by atoms with van der Waals surface area (Å²) >= 11 is 7.39. The second-order valence-electron chi connectivity index (χ2n) is 4.97. The smallest absolute Gasteiger partial charge is 0.237 e. The van der Waals surface area contributed by atoms with Crippen molar-refractivity contribution >= 4 is 35.0 Å². The van der Waals surface area contributed by atoms with Crippen LogP contribution >= 0.6 is 23.4 Å². The van der Waals surface area contributed by atoms with Gasteiger partial charge < -0.3 is 5.32 Å². The highest BCUT2D eigenvalue weighted by atomic mass is 35.5. The zero-order chi connectivity index (χ0) is 15.4. The van der Waals surface area contributed by atoms with Gasteiger partial charge in [0.25, 0.3) is 0 Å². The molecule has 0 fully saturated rings. The van der Waals surface area contributed by atoms with Gasteiger partial charge in [-0.1, -0.05) is 29.8 Å². The third-order valence-corrected chi connectivity index (χ3v) is 4.59. The third-order valence-electron chi connectivity index (χ3n) is 3.23. The number of halogens is 1. The maximum Gasteiger partial charge on any atom is 0.237 e. The minimum Gasteiger partial charge on any atom is -0.325 e. The number of amides is 1. The van der Waals surface area contributed by atoms with Crippen LogP contribution in [0.1, 0.15) is 18.1 Å². The van der Waals surface area contributed by atoms with Crippen molar-refractivity contribution in [3.63, 3.8) is 0 Å². The number of benzene rings is 2. The molecule has 4 heteroatoms. The van der Waals surface area contributed by atoms with Crippen molar-refractivity contribution in [1.82, 2.24) is 0 Å². The van der Waals surface area contributed by atoms with Crippen molar-refractivity contribution in [3.05, 3.63) is 58.6 Å². The molecule has 0 saturated carbocycles. The largest absolute Gasteiger partial charge is 0.325 e. The molecule has 0 aliphatic rings. The highest BCUT2D eigenvalue weighted by Crippen LogP contribution is 2.26. The van der Waals surface area contributed by atoms with Crippen molar-refractivity contribution in [2.24, 2.45) is 0 Å². The summed E-state index contributed by atoms with van der Waals surface area (Å²) in [5.41, 5.74) is 3.06. The molecule has 2 rings (SSSR count). The van der Waals surface area contributed by atoms with Crippen molar-refractivity contribution in [2.45, 2.75) is 30.9 Å². The van der Waals surface area contributed by atoms with Gasteiger partial charge in [-0.15, -0.1) is 11.8 Å². The molecule has 21 heavy (non-hydrogen) atoms. The lowest BCUT2D eigenvalue weighted by Crippen LogP contribution is -2.23. The molecule has 1 N–H and O–H groups in total. The van der Waals surface area contributed by atoms with Gasteiger partial charge in [0.15, 0.2) is 0 Å². The summed E-state index contributed by atoms with van der Waals surface area (Å²) in [5.74, 6) is 0.00681. The van der Waals surface area contributed by atoms with Gasteiger partial charge in [-0.2, -0.15) is 0 Å². The number of thioether (sulfide) groups is 1. The summed E-state index contributed by atoms with van der Waals surface area (Å²) in [6.07, 6.45) is 0. The van der Waals surface area contributed by atoms with Crippen LogP contribution in [0.3, 0.4) is 0 Å². The molecule has 0 aliphatic carbocycles. The number of carbonyl (C=O) groups is 1. The van der Waals surface area contributed by atoms with Gasteiger partial charge in [-0.25, -0.2) is 0 Å². The van der Waals surface area contributed by atoms with Gasteiger partial charge in [0.05, 0.1) is 5.25 Å². The SMILES string of the molecule is Cc1cccc(C)c1NC(=O)[C@@H](C)Sc1ccc(Cl)cc1. The molecule has 1 atom stereocenters. The van der Waals surface area contributed by atoms with E-state index in [1.165, 1.54) is 11.8 Å². The number of nitrogens with one attached hydrogen (secondary N) is 1. The van der Waals surface area contributed by atoms with Crippen LogP contribution < -0.4 is 5.32 Å². The molecule has 0 unspecified atom stereocenters. The van der Waals surface area contributed by atoms with E-state index in [1.54, 1.807) is 0 Å². The molecular weight excluding hydrogens is 302 g/mol. The summed E-state index contributed by atoms with van der Waals surface area (Å²) in [7, 11) is 0. The lowest BCUT2D eigenvalue weighted by Gasteiger charge is -2.15. The average Bonchev–Trinajstić information content (AvgIpc) is 2.45. The maximum atomic E-state index is 12.3. The van der Waals surface area contributed by atoms with Gasteiger partial charge in [0.2, 0.25) is 5.91 Å². The van der Waals surface area contributed by atoms with E-state index in [9.17, 15) is 4.79 Å². The van der Waals surface area contributed by atoms with E-state index in [2.05, 4.69) is 5.32 Å². The monoisotopic (exact) mass is 319 g/mol. The number of rotatable bonds is 4. The van der Waals surface area contributed by atoms with E-state index in [0.717, 1.165) is 21.7 Å². The maximum absolute atomic E-state index is 12.3. The second kappa shape index (κ2) is 7.01. The fraction of sp³-hybridized carbons (Fsp3) is 0.235. The molecule has 110 valence electrons. The standard InChI is InChI=1S/C17H18ClNOS/c1-11-5-4-6-12(2)16(11)19-17(20)13(3)21-15-9-7-14(18)8-10-15/h4-10,13H,1-3H3,(H,19,20)/t13-/m1/s1. The first kappa shape index (κ1) is 15.9. The molecule has 0 saturated heterocycles. The van der Waals surface area contributed by atoms with Crippen LogP contribution in [0.25, 0.3) is 0 Å². The third kappa shape index (κ3) is 4.26. The van der Waals surface area contributed by atoms with Gasteiger partial charge >= 0.3 is 0 Å². The number of hydrogen-bond donors (Lipinski definition) is 1. The zero-order valence-electron chi connectivity index (χ0n) is 12.3. The normalized spacial score (nSPS) is 12.0. The minimum absolute atomic E-state index is 0.00681. The lowest BCUT2D eigenvalue weighted by atomic mass is 10.1. The minimum atomic E-state index is -0.176. The average molecular weight is 320 g/mol. The lowest BCUT2D eigenvalue weighted by molar-refractivity contribution is -0.115. The summed E-state index contributed by atoms with van der Waals surface area (Å²) in [6, 6.07) is 13.5. The molecule has 2 nitrogen and oxygen atoms in total. The Balaban J connectivity index is 2.04. The topological polar surface area (TPSA) is 29.1 Å². The van der Waals surface area contributed by atoms with Crippen LogP contribution in [0.15, 0.2) is 47.4 Å². The first-order valence-electron chi connectivity index (χ1n) is 6.76. The molecule has 0 aliphatic heterocycles. The summed E-state index contributed by atoms with van der Waals surface area (Å²) in [4.78, 5) is 13.4. The van der Waals surface area contributed by atoms with E-state index in [-0.39, 0.29) is 11.2 Å². The molecule has 2 aromatic carbocycles. The molecule has 0 spiro atoms. The summed E-state index contributed by atoms with van der Waals surface area (Å²) in [6.45, 7) is 5.90. The van der Waals surface area contributed by atoms with Crippen LogP contribution in [-0.4, -0.2) is 11.2 Å². The number of aryl methyl sites for hydroxylation is 2.